The van der Waals surface area contributed by atoms with Crippen molar-refractivity contribution in [2.75, 3.05) is 12.4 Å². The van der Waals surface area contributed by atoms with Crippen molar-refractivity contribution in [1.29, 1.82) is 0 Å². The van der Waals surface area contributed by atoms with Crippen molar-refractivity contribution in [3.8, 4) is 5.88 Å². The van der Waals surface area contributed by atoms with Crippen LogP contribution in [0.1, 0.15) is 45.5 Å². The first-order chi connectivity index (χ1) is 7.87. The number of nitrogens with one attached hydrogen (secondary N) is 1. The van der Waals surface area contributed by atoms with Gasteiger partial charge in [0.05, 0.1) is 5.56 Å². The van der Waals surface area contributed by atoms with Crippen molar-refractivity contribution in [3.63, 3.8) is 0 Å². The van der Waals surface area contributed by atoms with E-state index in [4.69, 9.17) is 4.74 Å². The van der Waals surface area contributed by atoms with Crippen LogP contribution < -0.4 is 10.1 Å². The number of ether oxygens (including phenoxy) is 1. The van der Waals surface area contributed by atoms with Crippen LogP contribution >= 0.6 is 0 Å². The highest BCUT2D eigenvalue weighted by atomic mass is 16.5. The van der Waals surface area contributed by atoms with Crippen LogP contribution in [-0.2, 0) is 6.42 Å². The number of nitrogens with zero attached hydrogens (tertiary/aromatic N) is 2. The molecule has 1 rings (SSSR count). The average molecular weight is 237 g/mol. The van der Waals surface area contributed by atoms with Crippen molar-refractivity contribution in [2.45, 2.75) is 53.1 Å². The molecule has 0 saturated heterocycles. The summed E-state index contributed by atoms with van der Waals surface area (Å²) < 4.78 is 5.87. The maximum Gasteiger partial charge on any atom is 0.222 e. The molecule has 17 heavy (non-hydrogen) atoms. The Balaban J connectivity index is 3.13. The van der Waals surface area contributed by atoms with E-state index in [1.807, 2.05) is 34.7 Å². The molecule has 0 saturated carbocycles. The minimum atomic E-state index is -0.242. The van der Waals surface area contributed by atoms with Gasteiger partial charge >= 0.3 is 0 Å². The van der Waals surface area contributed by atoms with Gasteiger partial charge in [-0.05, 0) is 34.1 Å². The molecule has 0 bridgehead atoms. The Kier molecular flexibility index (Phi) is 4.32. The molecule has 4 nitrogen and oxygen atoms in total. The highest BCUT2D eigenvalue weighted by Crippen LogP contribution is 2.25. The lowest BCUT2D eigenvalue weighted by atomic mass is 10.2. The van der Waals surface area contributed by atoms with E-state index in [1.165, 1.54) is 0 Å². The SMILES string of the molecule is CCCc1nc(NC)c(C)c(OC(C)(C)C)n1. The molecule has 0 aliphatic carbocycles. The zero-order chi connectivity index (χ0) is 13.1. The van der Waals surface area contributed by atoms with Gasteiger partial charge in [-0.3, -0.25) is 0 Å². The second kappa shape index (κ2) is 5.34. The van der Waals surface area contributed by atoms with Gasteiger partial charge in [0, 0.05) is 13.5 Å². The third-order valence-corrected chi connectivity index (χ3v) is 2.26. The third-order valence-electron chi connectivity index (χ3n) is 2.26. The van der Waals surface area contributed by atoms with Crippen LogP contribution in [0.3, 0.4) is 0 Å². The second-order valence-corrected chi connectivity index (χ2v) is 5.13. The van der Waals surface area contributed by atoms with E-state index < -0.39 is 0 Å². The first-order valence-electron chi connectivity index (χ1n) is 6.11. The minimum Gasteiger partial charge on any atom is -0.472 e. The van der Waals surface area contributed by atoms with Gasteiger partial charge in [0.1, 0.15) is 17.2 Å². The van der Waals surface area contributed by atoms with Crippen LogP contribution in [0, 0.1) is 6.92 Å². The second-order valence-electron chi connectivity index (χ2n) is 5.13. The Morgan fingerprint density at radius 1 is 1.24 bits per heavy atom. The van der Waals surface area contributed by atoms with Gasteiger partial charge in [-0.1, -0.05) is 6.92 Å². The van der Waals surface area contributed by atoms with E-state index in [1.54, 1.807) is 0 Å². The first kappa shape index (κ1) is 13.7. The van der Waals surface area contributed by atoms with Gasteiger partial charge in [0.15, 0.2) is 0 Å². The lowest BCUT2D eigenvalue weighted by Crippen LogP contribution is -2.24. The topological polar surface area (TPSA) is 47.0 Å². The summed E-state index contributed by atoms with van der Waals surface area (Å²) in [4.78, 5) is 8.95. The van der Waals surface area contributed by atoms with Crippen molar-refractivity contribution in [2.24, 2.45) is 0 Å². The van der Waals surface area contributed by atoms with Crippen LogP contribution in [0.15, 0.2) is 0 Å². The highest BCUT2D eigenvalue weighted by molar-refractivity contribution is 5.48. The average Bonchev–Trinajstić information content (AvgIpc) is 2.21. The van der Waals surface area contributed by atoms with E-state index in [9.17, 15) is 0 Å². The standard InChI is InChI=1S/C13H23N3O/c1-7-8-10-15-11(14-6)9(2)12(16-10)17-13(3,4)5/h7-8H2,1-6H3,(H,14,15,16). The van der Waals surface area contributed by atoms with E-state index in [0.717, 1.165) is 30.0 Å². The molecule has 0 aromatic carbocycles. The molecule has 0 amide bonds. The Hall–Kier alpha value is -1.32. The van der Waals surface area contributed by atoms with Crippen LogP contribution in [-0.4, -0.2) is 22.6 Å². The van der Waals surface area contributed by atoms with Crippen LogP contribution in [0.25, 0.3) is 0 Å². The molecule has 0 aliphatic heterocycles. The van der Waals surface area contributed by atoms with Crippen LogP contribution in [0.4, 0.5) is 5.82 Å². The molecule has 0 radical (unpaired) electrons. The predicted octanol–water partition coefficient (Wildman–Crippen LogP) is 2.96. The molecule has 0 aliphatic rings. The zero-order valence-corrected chi connectivity index (χ0v) is 11.7. The molecule has 0 unspecified atom stereocenters. The first-order valence-corrected chi connectivity index (χ1v) is 6.11. The van der Waals surface area contributed by atoms with Crippen molar-refractivity contribution >= 4 is 5.82 Å². The molecule has 1 aromatic heterocycles. The number of aromatic nitrogens is 2. The lowest BCUT2D eigenvalue weighted by molar-refractivity contribution is 0.122. The zero-order valence-electron chi connectivity index (χ0n) is 11.7. The summed E-state index contributed by atoms with van der Waals surface area (Å²) in [5, 5.41) is 3.09. The third kappa shape index (κ3) is 3.88. The maximum atomic E-state index is 5.87. The Morgan fingerprint density at radius 3 is 2.35 bits per heavy atom. The summed E-state index contributed by atoms with van der Waals surface area (Å²) in [6.07, 6.45) is 1.90. The fourth-order valence-corrected chi connectivity index (χ4v) is 1.51. The fourth-order valence-electron chi connectivity index (χ4n) is 1.51. The predicted molar refractivity (Wildman–Crippen MR) is 70.7 cm³/mol. The lowest BCUT2D eigenvalue weighted by Gasteiger charge is -2.22. The van der Waals surface area contributed by atoms with Crippen molar-refractivity contribution < 1.29 is 4.74 Å². The molecule has 1 aromatic rings. The van der Waals surface area contributed by atoms with Crippen molar-refractivity contribution in [1.82, 2.24) is 9.97 Å². The van der Waals surface area contributed by atoms with Gasteiger partial charge in [0.25, 0.3) is 0 Å². The summed E-state index contributed by atoms with van der Waals surface area (Å²) in [6.45, 7) is 10.2. The van der Waals surface area contributed by atoms with E-state index in [2.05, 4.69) is 22.2 Å². The molecule has 0 atom stereocenters. The number of rotatable bonds is 4. The van der Waals surface area contributed by atoms with Gasteiger partial charge in [-0.25, -0.2) is 4.98 Å². The molecule has 4 heteroatoms. The van der Waals surface area contributed by atoms with E-state index in [-0.39, 0.29) is 5.60 Å². The smallest absolute Gasteiger partial charge is 0.222 e. The molecule has 1 N–H and O–H groups in total. The van der Waals surface area contributed by atoms with Gasteiger partial charge in [-0.15, -0.1) is 0 Å². The van der Waals surface area contributed by atoms with Crippen LogP contribution in [0.2, 0.25) is 0 Å². The quantitative estimate of drug-likeness (QED) is 0.874. The fraction of sp³-hybridized carbons (Fsp3) is 0.692. The summed E-state index contributed by atoms with van der Waals surface area (Å²) >= 11 is 0. The minimum absolute atomic E-state index is 0.242. The highest BCUT2D eigenvalue weighted by Gasteiger charge is 2.17. The summed E-state index contributed by atoms with van der Waals surface area (Å²) in [5.74, 6) is 2.37. The Labute approximate surface area is 104 Å². The number of hydrogen-bond acceptors (Lipinski definition) is 4. The molecule has 1 heterocycles. The van der Waals surface area contributed by atoms with Gasteiger partial charge in [0.2, 0.25) is 5.88 Å². The number of anilines is 1. The monoisotopic (exact) mass is 237 g/mol. The molecular weight excluding hydrogens is 214 g/mol. The summed E-state index contributed by atoms with van der Waals surface area (Å²) in [5.41, 5.74) is 0.718. The van der Waals surface area contributed by atoms with E-state index in [0.29, 0.717) is 5.88 Å². The van der Waals surface area contributed by atoms with Crippen molar-refractivity contribution in [3.05, 3.63) is 11.4 Å². The Morgan fingerprint density at radius 2 is 1.88 bits per heavy atom. The van der Waals surface area contributed by atoms with Crippen LogP contribution in [0.5, 0.6) is 5.88 Å². The maximum absolute atomic E-state index is 5.87. The number of hydrogen-bond donors (Lipinski definition) is 1. The normalized spacial score (nSPS) is 11.4. The molecular formula is C13H23N3O. The van der Waals surface area contributed by atoms with E-state index >= 15 is 0 Å². The molecule has 0 fully saturated rings. The summed E-state index contributed by atoms with van der Waals surface area (Å²) in [7, 11) is 1.87. The molecule has 96 valence electrons. The molecule has 0 spiro atoms. The van der Waals surface area contributed by atoms with Gasteiger partial charge in [-0.2, -0.15) is 4.98 Å². The Bertz CT molecular complexity index is 383. The largest absolute Gasteiger partial charge is 0.472 e. The van der Waals surface area contributed by atoms with Gasteiger partial charge < -0.3 is 10.1 Å². The number of aryl methyl sites for hydroxylation is 1. The summed E-state index contributed by atoms with van der Waals surface area (Å²) in [6, 6.07) is 0.